The van der Waals surface area contributed by atoms with Crippen LogP contribution in [0.25, 0.3) is 0 Å². The van der Waals surface area contributed by atoms with Gasteiger partial charge in [0.1, 0.15) is 0 Å². The lowest BCUT2D eigenvalue weighted by Crippen LogP contribution is -2.46. The largest absolute Gasteiger partial charge is 0.394 e. The van der Waals surface area contributed by atoms with Crippen molar-refractivity contribution in [2.45, 2.75) is 71.8 Å². The topological polar surface area (TPSA) is 35.5 Å². The molecule has 0 radical (unpaired) electrons. The molecule has 0 aromatic carbocycles. The van der Waals surface area contributed by atoms with Gasteiger partial charge in [-0.2, -0.15) is 0 Å². The highest BCUT2D eigenvalue weighted by Gasteiger charge is 2.23. The standard InChI is InChI=1S/C18H38N2O/c1-5-11-19-18(4,15-21)10-6-7-12-20-13-8-17(9-14-20)16(2)3/h16-17,19,21H,5-15H2,1-4H3. The third-order valence-corrected chi connectivity index (χ3v) is 5.18. The number of unbranched alkanes of at least 4 members (excludes halogenated alkanes) is 1. The fraction of sp³-hybridized carbons (Fsp3) is 1.00. The van der Waals surface area contributed by atoms with Crippen LogP contribution in [-0.2, 0) is 0 Å². The van der Waals surface area contributed by atoms with Crippen LogP contribution in [0.3, 0.4) is 0 Å². The molecule has 1 rings (SSSR count). The van der Waals surface area contributed by atoms with E-state index in [2.05, 4.69) is 37.9 Å². The first kappa shape index (κ1) is 18.9. The molecular formula is C18H38N2O. The van der Waals surface area contributed by atoms with Gasteiger partial charge in [0.2, 0.25) is 0 Å². The van der Waals surface area contributed by atoms with Crippen molar-refractivity contribution >= 4 is 0 Å². The number of likely N-dealkylation sites (tertiary alicyclic amines) is 1. The van der Waals surface area contributed by atoms with Crippen molar-refractivity contribution in [1.29, 1.82) is 0 Å². The van der Waals surface area contributed by atoms with Gasteiger partial charge in [-0.3, -0.25) is 0 Å². The Kier molecular flexibility index (Phi) is 8.84. The Morgan fingerprint density at radius 1 is 1.24 bits per heavy atom. The predicted octanol–water partition coefficient (Wildman–Crippen LogP) is 3.28. The third-order valence-electron chi connectivity index (χ3n) is 5.18. The SMILES string of the molecule is CCCNC(C)(CO)CCCCN1CCC(C(C)C)CC1. The van der Waals surface area contributed by atoms with E-state index in [1.807, 2.05) is 0 Å². The Morgan fingerprint density at radius 2 is 1.90 bits per heavy atom. The van der Waals surface area contributed by atoms with Gasteiger partial charge in [-0.15, -0.1) is 0 Å². The monoisotopic (exact) mass is 298 g/mol. The van der Waals surface area contributed by atoms with Crippen LogP contribution in [0, 0.1) is 11.8 Å². The normalized spacial score (nSPS) is 20.9. The minimum absolute atomic E-state index is 0.0827. The zero-order chi connectivity index (χ0) is 15.7. The molecule has 21 heavy (non-hydrogen) atoms. The Bertz CT molecular complexity index is 262. The lowest BCUT2D eigenvalue weighted by molar-refractivity contribution is 0.145. The van der Waals surface area contributed by atoms with E-state index in [1.54, 1.807) is 0 Å². The van der Waals surface area contributed by atoms with Crippen molar-refractivity contribution in [2.24, 2.45) is 11.8 Å². The average Bonchev–Trinajstić information content (AvgIpc) is 2.50. The second-order valence-electron chi connectivity index (χ2n) is 7.53. The van der Waals surface area contributed by atoms with E-state index in [0.717, 1.165) is 31.2 Å². The maximum Gasteiger partial charge on any atom is 0.0610 e. The molecule has 1 aliphatic rings. The molecule has 2 N–H and O–H groups in total. The number of rotatable bonds is 10. The van der Waals surface area contributed by atoms with Gasteiger partial charge in [0.15, 0.2) is 0 Å². The first-order valence-electron chi connectivity index (χ1n) is 9.09. The van der Waals surface area contributed by atoms with Crippen LogP contribution in [0.2, 0.25) is 0 Å². The van der Waals surface area contributed by atoms with E-state index in [4.69, 9.17) is 0 Å². The number of aliphatic hydroxyl groups excluding tert-OH is 1. The van der Waals surface area contributed by atoms with Gasteiger partial charge in [0.05, 0.1) is 6.61 Å². The summed E-state index contributed by atoms with van der Waals surface area (Å²) in [7, 11) is 0. The molecular weight excluding hydrogens is 260 g/mol. The summed E-state index contributed by atoms with van der Waals surface area (Å²) in [6, 6.07) is 0. The van der Waals surface area contributed by atoms with E-state index >= 15 is 0 Å². The van der Waals surface area contributed by atoms with Gasteiger partial charge < -0.3 is 15.3 Å². The van der Waals surface area contributed by atoms with E-state index in [-0.39, 0.29) is 12.1 Å². The zero-order valence-corrected chi connectivity index (χ0v) is 14.8. The number of nitrogens with zero attached hydrogens (tertiary/aromatic N) is 1. The molecule has 1 heterocycles. The van der Waals surface area contributed by atoms with E-state index in [9.17, 15) is 5.11 Å². The molecule has 0 saturated carbocycles. The summed E-state index contributed by atoms with van der Waals surface area (Å²) in [6.07, 6.45) is 7.42. The molecule has 1 unspecified atom stereocenters. The summed E-state index contributed by atoms with van der Waals surface area (Å²) < 4.78 is 0. The molecule has 3 nitrogen and oxygen atoms in total. The van der Waals surface area contributed by atoms with Gasteiger partial charge in [0.25, 0.3) is 0 Å². The van der Waals surface area contributed by atoms with Crippen LogP contribution in [0.1, 0.15) is 66.2 Å². The van der Waals surface area contributed by atoms with Crippen LogP contribution in [-0.4, -0.2) is 48.3 Å². The van der Waals surface area contributed by atoms with Crippen LogP contribution in [0.4, 0.5) is 0 Å². The molecule has 1 atom stereocenters. The summed E-state index contributed by atoms with van der Waals surface area (Å²) in [5.74, 6) is 1.79. The first-order valence-corrected chi connectivity index (χ1v) is 9.09. The minimum Gasteiger partial charge on any atom is -0.394 e. The van der Waals surface area contributed by atoms with Crippen LogP contribution < -0.4 is 5.32 Å². The molecule has 1 saturated heterocycles. The third kappa shape index (κ3) is 7.12. The minimum atomic E-state index is -0.0827. The molecule has 1 fully saturated rings. The molecule has 3 heteroatoms. The van der Waals surface area contributed by atoms with Crippen molar-refractivity contribution in [3.05, 3.63) is 0 Å². The molecule has 0 spiro atoms. The molecule has 0 aromatic rings. The second kappa shape index (κ2) is 9.81. The van der Waals surface area contributed by atoms with Crippen LogP contribution in [0.5, 0.6) is 0 Å². The van der Waals surface area contributed by atoms with Crippen molar-refractivity contribution in [1.82, 2.24) is 10.2 Å². The van der Waals surface area contributed by atoms with Crippen LogP contribution in [0.15, 0.2) is 0 Å². The number of piperidine rings is 1. The fourth-order valence-electron chi connectivity index (χ4n) is 3.34. The van der Waals surface area contributed by atoms with Gasteiger partial charge >= 0.3 is 0 Å². The average molecular weight is 299 g/mol. The van der Waals surface area contributed by atoms with Gasteiger partial charge in [0, 0.05) is 5.54 Å². The highest BCUT2D eigenvalue weighted by Crippen LogP contribution is 2.24. The number of hydrogen-bond acceptors (Lipinski definition) is 3. The van der Waals surface area contributed by atoms with Crippen molar-refractivity contribution in [2.75, 3.05) is 32.8 Å². The molecule has 0 amide bonds. The Balaban J connectivity index is 2.14. The maximum atomic E-state index is 9.57. The first-order chi connectivity index (χ1) is 10.0. The Morgan fingerprint density at radius 3 is 2.43 bits per heavy atom. The Hall–Kier alpha value is -0.120. The quantitative estimate of drug-likeness (QED) is 0.608. The summed E-state index contributed by atoms with van der Waals surface area (Å²) >= 11 is 0. The second-order valence-corrected chi connectivity index (χ2v) is 7.53. The van der Waals surface area contributed by atoms with E-state index in [0.29, 0.717) is 0 Å². The summed E-state index contributed by atoms with van der Waals surface area (Å²) in [4.78, 5) is 2.63. The maximum absolute atomic E-state index is 9.57. The summed E-state index contributed by atoms with van der Waals surface area (Å²) in [5, 5.41) is 13.1. The van der Waals surface area contributed by atoms with E-state index in [1.165, 1.54) is 45.3 Å². The molecule has 0 aliphatic carbocycles. The number of hydrogen-bond donors (Lipinski definition) is 2. The highest BCUT2D eigenvalue weighted by atomic mass is 16.3. The predicted molar refractivity (Wildman–Crippen MR) is 91.6 cm³/mol. The Labute approximate surface area is 132 Å². The summed E-state index contributed by atoms with van der Waals surface area (Å²) in [5.41, 5.74) is -0.0827. The van der Waals surface area contributed by atoms with Gasteiger partial charge in [-0.25, -0.2) is 0 Å². The molecule has 0 bridgehead atoms. The van der Waals surface area contributed by atoms with Crippen molar-refractivity contribution in [3.8, 4) is 0 Å². The molecule has 1 aliphatic heterocycles. The van der Waals surface area contributed by atoms with E-state index < -0.39 is 0 Å². The van der Waals surface area contributed by atoms with Crippen molar-refractivity contribution in [3.63, 3.8) is 0 Å². The highest BCUT2D eigenvalue weighted by molar-refractivity contribution is 4.82. The lowest BCUT2D eigenvalue weighted by Gasteiger charge is -2.34. The fourth-order valence-corrected chi connectivity index (χ4v) is 3.34. The van der Waals surface area contributed by atoms with Gasteiger partial charge in [-0.1, -0.05) is 27.2 Å². The molecule has 126 valence electrons. The van der Waals surface area contributed by atoms with Crippen molar-refractivity contribution < 1.29 is 5.11 Å². The molecule has 0 aromatic heterocycles. The number of nitrogens with one attached hydrogen (secondary N) is 1. The van der Waals surface area contributed by atoms with Gasteiger partial charge in [-0.05, 0) is 77.0 Å². The summed E-state index contributed by atoms with van der Waals surface area (Å²) in [6.45, 7) is 14.1. The smallest absolute Gasteiger partial charge is 0.0610 e. The lowest BCUT2D eigenvalue weighted by atomic mass is 9.86. The number of aliphatic hydroxyl groups is 1. The zero-order valence-electron chi connectivity index (χ0n) is 14.8. The van der Waals surface area contributed by atoms with Crippen LogP contribution >= 0.6 is 0 Å².